The summed E-state index contributed by atoms with van der Waals surface area (Å²) in [5.41, 5.74) is 1.00. The molecule has 18 heavy (non-hydrogen) atoms. The molecule has 0 N–H and O–H groups in total. The van der Waals surface area contributed by atoms with Gasteiger partial charge < -0.3 is 0 Å². The molecular weight excluding hydrogens is 228 g/mol. The van der Waals surface area contributed by atoms with Crippen molar-refractivity contribution in [2.24, 2.45) is 0 Å². The minimum absolute atomic E-state index is 0.0416. The lowest BCUT2D eigenvalue weighted by Crippen LogP contribution is -2.58. The molecule has 2 bridgehead atoms. The van der Waals surface area contributed by atoms with Crippen molar-refractivity contribution in [3.8, 4) is 0 Å². The van der Waals surface area contributed by atoms with Crippen LogP contribution in [0.3, 0.4) is 0 Å². The Morgan fingerprint density at radius 2 is 1.61 bits per heavy atom. The Hall–Kier alpha value is -1.68. The van der Waals surface area contributed by atoms with E-state index in [1.54, 1.807) is 0 Å². The van der Waals surface area contributed by atoms with Gasteiger partial charge in [0, 0.05) is 0 Å². The average molecular weight is 244 g/mol. The Morgan fingerprint density at radius 3 is 2.17 bits per heavy atom. The van der Waals surface area contributed by atoms with E-state index in [0.29, 0.717) is 6.54 Å². The third-order valence-corrected chi connectivity index (χ3v) is 3.98. The molecule has 1 aromatic rings. The monoisotopic (exact) mass is 244 g/mol. The molecule has 2 atom stereocenters. The summed E-state index contributed by atoms with van der Waals surface area (Å²) < 4.78 is 0. The molecule has 4 heteroatoms. The van der Waals surface area contributed by atoms with E-state index in [1.807, 2.05) is 42.3 Å². The average Bonchev–Trinajstić information content (AvgIpc) is 2.71. The van der Waals surface area contributed by atoms with Crippen molar-refractivity contribution in [1.82, 2.24) is 9.80 Å². The zero-order valence-electron chi connectivity index (χ0n) is 10.4. The number of amides is 2. The molecule has 1 aromatic carbocycles. The van der Waals surface area contributed by atoms with Gasteiger partial charge in [0.1, 0.15) is 0 Å². The summed E-state index contributed by atoms with van der Waals surface area (Å²) in [5.74, 6) is -0.0831. The number of benzene rings is 1. The van der Waals surface area contributed by atoms with Crippen LogP contribution in [-0.2, 0) is 16.1 Å². The van der Waals surface area contributed by atoms with E-state index in [2.05, 4.69) is 0 Å². The number of likely N-dealkylation sites (tertiary alicyclic amines) is 1. The molecule has 2 aliphatic heterocycles. The van der Waals surface area contributed by atoms with Gasteiger partial charge in [-0.05, 0) is 25.5 Å². The normalized spacial score (nSPS) is 27.9. The Morgan fingerprint density at radius 1 is 1.06 bits per heavy atom. The Bertz CT molecular complexity index is 462. The summed E-state index contributed by atoms with van der Waals surface area (Å²) in [7, 11) is 1.87. The van der Waals surface area contributed by atoms with E-state index in [4.69, 9.17) is 0 Å². The van der Waals surface area contributed by atoms with Gasteiger partial charge in [0.05, 0.1) is 18.6 Å². The van der Waals surface area contributed by atoms with Crippen LogP contribution in [0.4, 0.5) is 0 Å². The standard InChI is InChI=1S/C14H16N2O2/c1-15-11-7-8-12(15)14(18)16(13(11)17)9-10-5-3-2-4-6-10/h2-6,11-12H,7-9H2,1H3/t11-,12+. The summed E-state index contributed by atoms with van der Waals surface area (Å²) in [4.78, 5) is 27.9. The Labute approximate surface area is 106 Å². The van der Waals surface area contributed by atoms with Gasteiger partial charge in [0.2, 0.25) is 11.8 Å². The highest BCUT2D eigenvalue weighted by Crippen LogP contribution is 2.31. The highest BCUT2D eigenvalue weighted by atomic mass is 16.2. The van der Waals surface area contributed by atoms with Gasteiger partial charge >= 0.3 is 0 Å². The number of hydrogen-bond acceptors (Lipinski definition) is 3. The second kappa shape index (κ2) is 4.21. The van der Waals surface area contributed by atoms with Crippen LogP contribution in [0.15, 0.2) is 30.3 Å². The summed E-state index contributed by atoms with van der Waals surface area (Å²) >= 11 is 0. The highest BCUT2D eigenvalue weighted by Gasteiger charge is 2.48. The van der Waals surface area contributed by atoms with Crippen molar-refractivity contribution in [3.05, 3.63) is 35.9 Å². The first-order valence-electron chi connectivity index (χ1n) is 6.29. The summed E-state index contributed by atoms with van der Waals surface area (Å²) in [6.45, 7) is 0.402. The van der Waals surface area contributed by atoms with Crippen LogP contribution in [0, 0.1) is 0 Å². The lowest BCUT2D eigenvalue weighted by Gasteiger charge is -2.36. The number of hydrogen-bond donors (Lipinski definition) is 0. The molecular formula is C14H16N2O2. The first-order valence-corrected chi connectivity index (χ1v) is 6.29. The molecule has 2 aliphatic rings. The van der Waals surface area contributed by atoms with Crippen molar-refractivity contribution in [3.63, 3.8) is 0 Å². The first-order chi connectivity index (χ1) is 8.68. The number of nitrogens with zero attached hydrogens (tertiary/aromatic N) is 2. The number of piperazine rings is 1. The van der Waals surface area contributed by atoms with Crippen molar-refractivity contribution in [2.45, 2.75) is 31.5 Å². The number of carbonyl (C=O) groups excluding carboxylic acids is 2. The number of imide groups is 1. The van der Waals surface area contributed by atoms with Gasteiger partial charge in [-0.3, -0.25) is 19.4 Å². The minimum Gasteiger partial charge on any atom is -0.283 e. The minimum atomic E-state index is -0.101. The molecule has 3 rings (SSSR count). The summed E-state index contributed by atoms with van der Waals surface area (Å²) in [6.07, 6.45) is 1.61. The predicted molar refractivity (Wildman–Crippen MR) is 66.6 cm³/mol. The van der Waals surface area contributed by atoms with Crippen LogP contribution in [0.5, 0.6) is 0 Å². The van der Waals surface area contributed by atoms with Gasteiger partial charge in [0.25, 0.3) is 0 Å². The molecule has 94 valence electrons. The lowest BCUT2D eigenvalue weighted by atomic mass is 10.1. The van der Waals surface area contributed by atoms with E-state index < -0.39 is 0 Å². The lowest BCUT2D eigenvalue weighted by molar-refractivity contribution is -0.156. The van der Waals surface area contributed by atoms with Crippen LogP contribution < -0.4 is 0 Å². The second-order valence-corrected chi connectivity index (χ2v) is 5.02. The maximum Gasteiger partial charge on any atom is 0.246 e. The topological polar surface area (TPSA) is 40.6 Å². The summed E-state index contributed by atoms with van der Waals surface area (Å²) in [6, 6.07) is 9.47. The van der Waals surface area contributed by atoms with E-state index >= 15 is 0 Å². The van der Waals surface area contributed by atoms with Gasteiger partial charge in [-0.2, -0.15) is 0 Å². The van der Waals surface area contributed by atoms with Gasteiger partial charge in [0.15, 0.2) is 0 Å². The van der Waals surface area contributed by atoms with Gasteiger partial charge in [-0.15, -0.1) is 0 Å². The van der Waals surface area contributed by atoms with E-state index in [0.717, 1.165) is 18.4 Å². The van der Waals surface area contributed by atoms with Crippen molar-refractivity contribution < 1.29 is 9.59 Å². The molecule has 2 fully saturated rings. The number of likely N-dealkylation sites (N-methyl/N-ethyl adjacent to an activating group) is 1. The molecule has 0 spiro atoms. The van der Waals surface area contributed by atoms with Crippen LogP contribution in [-0.4, -0.2) is 40.7 Å². The molecule has 2 heterocycles. The van der Waals surface area contributed by atoms with Crippen LogP contribution in [0.25, 0.3) is 0 Å². The predicted octanol–water partition coefficient (Wildman–Crippen LogP) is 1.02. The third-order valence-electron chi connectivity index (χ3n) is 3.98. The third kappa shape index (κ3) is 1.64. The SMILES string of the molecule is CN1[C@@H]2CC[C@H]1C(=O)N(Cc1ccccc1)C2=O. The van der Waals surface area contributed by atoms with Crippen LogP contribution in [0.1, 0.15) is 18.4 Å². The summed E-state index contributed by atoms with van der Waals surface area (Å²) in [5, 5.41) is 0. The maximum absolute atomic E-state index is 12.3. The van der Waals surface area contributed by atoms with Crippen LogP contribution in [0.2, 0.25) is 0 Å². The molecule has 2 amide bonds. The fourth-order valence-electron chi connectivity index (χ4n) is 2.93. The smallest absolute Gasteiger partial charge is 0.246 e. The largest absolute Gasteiger partial charge is 0.283 e. The number of rotatable bonds is 2. The first kappa shape index (κ1) is 11.4. The molecule has 0 saturated carbocycles. The molecule has 4 nitrogen and oxygen atoms in total. The maximum atomic E-state index is 12.3. The fourth-order valence-corrected chi connectivity index (χ4v) is 2.93. The fraction of sp³-hybridized carbons (Fsp3) is 0.429. The molecule has 0 unspecified atom stereocenters. The van der Waals surface area contributed by atoms with Crippen molar-refractivity contribution in [2.75, 3.05) is 7.05 Å². The quantitative estimate of drug-likeness (QED) is 0.729. The van der Waals surface area contributed by atoms with E-state index in [-0.39, 0.29) is 23.9 Å². The van der Waals surface area contributed by atoms with Crippen LogP contribution >= 0.6 is 0 Å². The second-order valence-electron chi connectivity index (χ2n) is 5.02. The number of carbonyl (C=O) groups is 2. The zero-order valence-corrected chi connectivity index (χ0v) is 10.4. The van der Waals surface area contributed by atoms with Crippen molar-refractivity contribution in [1.29, 1.82) is 0 Å². The molecule has 0 aromatic heterocycles. The number of fused-ring (bicyclic) bond motifs is 2. The molecule has 0 aliphatic carbocycles. The Balaban J connectivity index is 1.85. The van der Waals surface area contributed by atoms with Gasteiger partial charge in [-0.1, -0.05) is 30.3 Å². The molecule has 2 saturated heterocycles. The highest BCUT2D eigenvalue weighted by molar-refractivity contribution is 6.03. The van der Waals surface area contributed by atoms with Gasteiger partial charge in [-0.25, -0.2) is 0 Å². The van der Waals surface area contributed by atoms with E-state index in [1.165, 1.54) is 4.90 Å². The van der Waals surface area contributed by atoms with E-state index in [9.17, 15) is 9.59 Å². The molecule has 0 radical (unpaired) electrons. The van der Waals surface area contributed by atoms with Crippen molar-refractivity contribution >= 4 is 11.8 Å². The zero-order chi connectivity index (χ0) is 12.7. The Kier molecular flexibility index (Phi) is 2.67.